The third-order valence-electron chi connectivity index (χ3n) is 4.75. The summed E-state index contributed by atoms with van der Waals surface area (Å²) in [5.74, 6) is 1.59. The van der Waals surface area contributed by atoms with E-state index >= 15 is 0 Å². The average Bonchev–Trinajstić information content (AvgIpc) is 3.02. The van der Waals surface area contributed by atoms with Crippen LogP contribution in [0.25, 0.3) is 0 Å². The first-order chi connectivity index (χ1) is 11.2. The Bertz CT molecular complexity index is 531. The highest BCUT2D eigenvalue weighted by Crippen LogP contribution is 2.31. The highest BCUT2D eigenvalue weighted by molar-refractivity contribution is 5.72. The molecule has 3 heterocycles. The molecule has 2 saturated heterocycles. The molecule has 1 aromatic rings. The number of hydrogen-bond acceptors (Lipinski definition) is 5. The summed E-state index contributed by atoms with van der Waals surface area (Å²) in [5, 5.41) is 2.80. The van der Waals surface area contributed by atoms with Gasteiger partial charge in [-0.25, -0.2) is 9.97 Å². The Morgan fingerprint density at radius 2 is 2.22 bits per heavy atom. The van der Waals surface area contributed by atoms with Gasteiger partial charge in [-0.05, 0) is 44.2 Å². The molecular weight excluding hydrogens is 292 g/mol. The Morgan fingerprint density at radius 3 is 3.00 bits per heavy atom. The minimum atomic E-state index is -0.0350. The lowest BCUT2D eigenvalue weighted by Gasteiger charge is -2.30. The molecule has 0 radical (unpaired) electrons. The van der Waals surface area contributed by atoms with Crippen molar-refractivity contribution in [1.29, 1.82) is 0 Å². The minimum Gasteiger partial charge on any atom is -0.381 e. The zero-order valence-electron chi connectivity index (χ0n) is 13.8. The Hall–Kier alpha value is -1.53. The van der Waals surface area contributed by atoms with Crippen molar-refractivity contribution in [3.8, 4) is 0 Å². The molecule has 0 spiro atoms. The standard InChI is InChI=1S/C17H26N4O2/c1-13(22)19-11-15-4-7-18-17(20-15)16-3-2-8-21(16)12-14-5-9-23-10-6-14/h4,7,14,16H,2-3,5-6,8-12H2,1H3,(H,19,22)/t16-/m0/s1. The van der Waals surface area contributed by atoms with E-state index in [4.69, 9.17) is 4.74 Å². The fraction of sp³-hybridized carbons (Fsp3) is 0.706. The van der Waals surface area contributed by atoms with Crippen LogP contribution < -0.4 is 5.32 Å². The maximum atomic E-state index is 11.1. The van der Waals surface area contributed by atoms with Gasteiger partial charge in [-0.1, -0.05) is 0 Å². The Morgan fingerprint density at radius 1 is 1.39 bits per heavy atom. The molecule has 3 rings (SSSR count). The van der Waals surface area contributed by atoms with Crippen molar-refractivity contribution >= 4 is 5.91 Å². The number of carbonyl (C=O) groups is 1. The van der Waals surface area contributed by atoms with Gasteiger partial charge in [0.25, 0.3) is 0 Å². The topological polar surface area (TPSA) is 67.4 Å². The molecule has 0 unspecified atom stereocenters. The number of nitrogens with zero attached hydrogens (tertiary/aromatic N) is 3. The molecule has 2 aliphatic heterocycles. The molecule has 1 N–H and O–H groups in total. The first-order valence-corrected chi connectivity index (χ1v) is 8.60. The summed E-state index contributed by atoms with van der Waals surface area (Å²) in [6.07, 6.45) is 6.45. The van der Waals surface area contributed by atoms with Crippen LogP contribution >= 0.6 is 0 Å². The van der Waals surface area contributed by atoms with Gasteiger partial charge in [-0.2, -0.15) is 0 Å². The number of likely N-dealkylation sites (tertiary alicyclic amines) is 1. The smallest absolute Gasteiger partial charge is 0.217 e. The van der Waals surface area contributed by atoms with Crippen LogP contribution in [-0.4, -0.2) is 47.1 Å². The largest absolute Gasteiger partial charge is 0.381 e. The number of carbonyl (C=O) groups excluding carboxylic acids is 1. The minimum absolute atomic E-state index is 0.0350. The van der Waals surface area contributed by atoms with E-state index in [1.165, 1.54) is 13.3 Å². The number of hydrogen-bond donors (Lipinski definition) is 1. The Balaban J connectivity index is 1.64. The normalized spacial score (nSPS) is 23.1. The third-order valence-corrected chi connectivity index (χ3v) is 4.75. The van der Waals surface area contributed by atoms with Crippen LogP contribution in [-0.2, 0) is 16.1 Å². The fourth-order valence-electron chi connectivity index (χ4n) is 3.48. The average molecular weight is 318 g/mol. The summed E-state index contributed by atoms with van der Waals surface area (Å²) in [6.45, 7) is 6.03. The summed E-state index contributed by atoms with van der Waals surface area (Å²) in [6, 6.07) is 2.19. The molecule has 0 aliphatic carbocycles. The van der Waals surface area contributed by atoms with Crippen LogP contribution in [0.5, 0.6) is 0 Å². The molecule has 23 heavy (non-hydrogen) atoms. The Labute approximate surface area is 137 Å². The van der Waals surface area contributed by atoms with Crippen LogP contribution in [0.1, 0.15) is 50.2 Å². The third kappa shape index (κ3) is 4.48. The van der Waals surface area contributed by atoms with Crippen molar-refractivity contribution in [2.45, 2.75) is 45.2 Å². The van der Waals surface area contributed by atoms with Crippen molar-refractivity contribution < 1.29 is 9.53 Å². The highest BCUT2D eigenvalue weighted by atomic mass is 16.5. The first-order valence-electron chi connectivity index (χ1n) is 8.60. The lowest BCUT2D eigenvalue weighted by Crippen LogP contribution is -2.33. The number of ether oxygens (including phenoxy) is 1. The fourth-order valence-corrected chi connectivity index (χ4v) is 3.48. The molecule has 2 aliphatic rings. The predicted octanol–water partition coefficient (Wildman–Crippen LogP) is 1.68. The Kier molecular flexibility index (Phi) is 5.56. The van der Waals surface area contributed by atoms with E-state index in [9.17, 15) is 4.79 Å². The van der Waals surface area contributed by atoms with Gasteiger partial charge in [0.2, 0.25) is 5.91 Å². The van der Waals surface area contributed by atoms with Crippen LogP contribution in [0.3, 0.4) is 0 Å². The van der Waals surface area contributed by atoms with Crippen LogP contribution in [0.15, 0.2) is 12.3 Å². The maximum absolute atomic E-state index is 11.1. The molecule has 2 fully saturated rings. The summed E-state index contributed by atoms with van der Waals surface area (Å²) < 4.78 is 5.46. The zero-order chi connectivity index (χ0) is 16.1. The van der Waals surface area contributed by atoms with E-state index in [0.717, 1.165) is 63.0 Å². The molecule has 1 atom stereocenters. The quantitative estimate of drug-likeness (QED) is 0.894. The van der Waals surface area contributed by atoms with Gasteiger partial charge < -0.3 is 10.1 Å². The SMILES string of the molecule is CC(=O)NCc1ccnc([C@@H]2CCCN2CC2CCOCC2)n1. The summed E-state index contributed by atoms with van der Waals surface area (Å²) in [4.78, 5) is 22.8. The lowest BCUT2D eigenvalue weighted by molar-refractivity contribution is -0.119. The molecule has 1 amide bonds. The maximum Gasteiger partial charge on any atom is 0.217 e. The molecule has 1 aromatic heterocycles. The number of nitrogens with one attached hydrogen (secondary N) is 1. The summed E-state index contributed by atoms with van der Waals surface area (Å²) >= 11 is 0. The lowest BCUT2D eigenvalue weighted by atomic mass is 9.99. The van der Waals surface area contributed by atoms with E-state index < -0.39 is 0 Å². The second-order valence-electron chi connectivity index (χ2n) is 6.52. The second kappa shape index (κ2) is 7.84. The highest BCUT2D eigenvalue weighted by Gasteiger charge is 2.30. The van der Waals surface area contributed by atoms with Crippen LogP contribution in [0.4, 0.5) is 0 Å². The van der Waals surface area contributed by atoms with Gasteiger partial charge in [-0.3, -0.25) is 9.69 Å². The van der Waals surface area contributed by atoms with Gasteiger partial charge in [0.05, 0.1) is 18.3 Å². The van der Waals surface area contributed by atoms with Crippen molar-refractivity contribution in [2.24, 2.45) is 5.92 Å². The number of aromatic nitrogens is 2. The van der Waals surface area contributed by atoms with E-state index in [-0.39, 0.29) is 5.91 Å². The molecule has 126 valence electrons. The molecular formula is C17H26N4O2. The van der Waals surface area contributed by atoms with Crippen LogP contribution in [0, 0.1) is 5.92 Å². The van der Waals surface area contributed by atoms with Gasteiger partial charge >= 0.3 is 0 Å². The molecule has 6 heteroatoms. The second-order valence-corrected chi connectivity index (χ2v) is 6.52. The predicted molar refractivity (Wildman–Crippen MR) is 86.6 cm³/mol. The summed E-state index contributed by atoms with van der Waals surface area (Å²) in [7, 11) is 0. The van der Waals surface area contributed by atoms with E-state index in [1.807, 2.05) is 12.3 Å². The molecule has 0 bridgehead atoms. The number of rotatable bonds is 5. The molecule has 0 aromatic carbocycles. The van der Waals surface area contributed by atoms with Gasteiger partial charge in [0.15, 0.2) is 0 Å². The molecule has 6 nitrogen and oxygen atoms in total. The number of amides is 1. The van der Waals surface area contributed by atoms with Gasteiger partial charge in [0, 0.05) is 32.9 Å². The first kappa shape index (κ1) is 16.3. The van der Waals surface area contributed by atoms with Crippen molar-refractivity contribution in [1.82, 2.24) is 20.2 Å². The van der Waals surface area contributed by atoms with E-state index in [1.54, 1.807) is 0 Å². The monoisotopic (exact) mass is 318 g/mol. The zero-order valence-corrected chi connectivity index (χ0v) is 13.8. The molecule has 0 saturated carbocycles. The van der Waals surface area contributed by atoms with E-state index in [2.05, 4.69) is 20.2 Å². The van der Waals surface area contributed by atoms with Crippen molar-refractivity contribution in [3.63, 3.8) is 0 Å². The summed E-state index contributed by atoms with van der Waals surface area (Å²) in [5.41, 5.74) is 0.878. The van der Waals surface area contributed by atoms with Gasteiger partial charge in [-0.15, -0.1) is 0 Å². The van der Waals surface area contributed by atoms with E-state index in [0.29, 0.717) is 12.6 Å². The van der Waals surface area contributed by atoms with Crippen LogP contribution in [0.2, 0.25) is 0 Å². The van der Waals surface area contributed by atoms with Crippen molar-refractivity contribution in [2.75, 3.05) is 26.3 Å². The van der Waals surface area contributed by atoms with Crippen molar-refractivity contribution in [3.05, 3.63) is 23.8 Å². The van der Waals surface area contributed by atoms with Gasteiger partial charge in [0.1, 0.15) is 5.82 Å².